The Balaban J connectivity index is 1.18. The predicted octanol–water partition coefficient (Wildman–Crippen LogP) is 0.0533. The lowest BCUT2D eigenvalue weighted by Crippen LogP contribution is -2.66. The van der Waals surface area contributed by atoms with Gasteiger partial charge < -0.3 is 107 Å². The Labute approximate surface area is 560 Å². The van der Waals surface area contributed by atoms with E-state index in [-0.39, 0.29) is 155 Å². The minimum atomic E-state index is -1.28. The number of anilines is 1. The van der Waals surface area contributed by atoms with E-state index < -0.39 is 133 Å². The zero-order valence-corrected chi connectivity index (χ0v) is 55.6. The van der Waals surface area contributed by atoms with Gasteiger partial charge in [0.1, 0.15) is 44.1 Å². The second-order valence-corrected chi connectivity index (χ2v) is 21.4. The Morgan fingerprint density at radius 3 is 1.15 bits per heavy atom. The molecule has 2 aliphatic rings. The van der Waals surface area contributed by atoms with Crippen LogP contribution in [0.4, 0.5) is 5.69 Å². The van der Waals surface area contributed by atoms with Gasteiger partial charge in [0.05, 0.1) is 98.9 Å². The molecular formula is C63H89N5O29. The Kier molecular flexibility index (Phi) is 37.8. The maximum Gasteiger partial charge on any atom is 0.306 e. The summed E-state index contributed by atoms with van der Waals surface area (Å²) in [5, 5.41) is 13.3. The SMILES string of the molecule is CC(=O)N[C@H]1C(OCCOCCOCCOCCNC(=O)c2cc(NC(=O)CCC(=O)OCc3ccccc3)cc(C(=O)NCCOCCOCCOCCOC3O[C@H](COC(C)=O)[C@H](OC(C)=O)[C@H](OC(C)=O)[C@H]3NC(C)=O)c2)O[C@H](COC(C)=O)[C@H](OC(C)=O)[C@@H]1OC(C)=O. The lowest BCUT2D eigenvalue weighted by molar-refractivity contribution is -0.279. The van der Waals surface area contributed by atoms with E-state index in [2.05, 4.69) is 26.6 Å². The van der Waals surface area contributed by atoms with Gasteiger partial charge in [-0.15, -0.1) is 0 Å². The molecule has 4 rings (SSSR count). The van der Waals surface area contributed by atoms with Crippen molar-refractivity contribution >= 4 is 77.0 Å². The summed E-state index contributed by atoms with van der Waals surface area (Å²) in [6.07, 6.45) is -10.4. The summed E-state index contributed by atoms with van der Waals surface area (Å²) < 4.78 is 94.4. The summed E-state index contributed by atoms with van der Waals surface area (Å²) in [5.74, 6) is -7.72. The zero-order valence-electron chi connectivity index (χ0n) is 55.6. The van der Waals surface area contributed by atoms with Crippen LogP contribution in [0.3, 0.4) is 0 Å². The first-order chi connectivity index (χ1) is 46.4. The van der Waals surface area contributed by atoms with Crippen LogP contribution in [-0.4, -0.2) is 251 Å². The molecule has 2 aromatic carbocycles. The van der Waals surface area contributed by atoms with Crippen molar-refractivity contribution in [1.82, 2.24) is 21.3 Å². The van der Waals surface area contributed by atoms with E-state index >= 15 is 0 Å². The van der Waals surface area contributed by atoms with Gasteiger partial charge in [0.25, 0.3) is 11.8 Å². The molecule has 2 aromatic rings. The largest absolute Gasteiger partial charge is 0.463 e. The third-order valence-corrected chi connectivity index (χ3v) is 13.3. The van der Waals surface area contributed by atoms with Gasteiger partial charge in [-0.25, -0.2) is 0 Å². The van der Waals surface area contributed by atoms with Crippen molar-refractivity contribution in [3.8, 4) is 0 Å². The number of carbonyl (C=O) groups excluding carboxylic acids is 12. The second kappa shape index (κ2) is 45.2. The smallest absolute Gasteiger partial charge is 0.306 e. The van der Waals surface area contributed by atoms with Crippen LogP contribution in [0, 0.1) is 0 Å². The van der Waals surface area contributed by atoms with Crippen LogP contribution in [0.1, 0.15) is 94.5 Å². The van der Waals surface area contributed by atoms with E-state index in [1.54, 1.807) is 24.3 Å². The van der Waals surface area contributed by atoms with Crippen molar-refractivity contribution in [2.75, 3.05) is 124 Å². The second-order valence-electron chi connectivity index (χ2n) is 21.4. The zero-order chi connectivity index (χ0) is 71.1. The van der Waals surface area contributed by atoms with Crippen LogP contribution in [0.2, 0.25) is 0 Å². The van der Waals surface area contributed by atoms with Gasteiger partial charge >= 0.3 is 41.8 Å². The average Bonchev–Trinajstić information content (AvgIpc) is 0.797. The molecule has 10 atom stereocenters. The van der Waals surface area contributed by atoms with Crippen molar-refractivity contribution in [1.29, 1.82) is 0 Å². The fraction of sp³-hybridized carbons (Fsp3) is 0.619. The third-order valence-electron chi connectivity index (χ3n) is 13.3. The minimum Gasteiger partial charge on any atom is -0.463 e. The van der Waals surface area contributed by atoms with Crippen LogP contribution in [-0.2, 0) is 135 Å². The van der Waals surface area contributed by atoms with Crippen molar-refractivity contribution < 1.29 is 138 Å². The first kappa shape index (κ1) is 81.1. The van der Waals surface area contributed by atoms with Gasteiger partial charge in [-0.3, -0.25) is 57.5 Å². The quantitative estimate of drug-likeness (QED) is 0.0332. The molecule has 0 aliphatic carbocycles. The summed E-state index contributed by atoms with van der Waals surface area (Å²) in [7, 11) is 0. The standard InChI is InChI=1S/C63H89N5O29/c1-38(69)66-54-58(94-44(7)75)56(92-42(5)73)50(36-89-40(3)71)96-62(54)87-30-28-85-26-24-83-22-20-81-18-16-64-60(79)47-32-48(34-49(33-47)68-52(77)14-15-53(78)91-35-46-12-10-9-11-13-46)61(80)65-17-19-82-21-23-84-25-27-86-29-31-88-63-55(67-39(2)70)59(95-45(8)76)57(93-43(6)74)51(97-63)37-90-41(4)72/h9-13,32-34,50-51,54-59,62-63H,14-31,35-37H2,1-8H3,(H,64,79)(H,65,80)(H,66,69)(H,67,70)(H,68,77)/t50-,51-,54-,55-,56+,57+,58-,59-,62?,63?/m1/s1. The van der Waals surface area contributed by atoms with Gasteiger partial charge in [0, 0.05) is 91.7 Å². The molecule has 34 heteroatoms. The van der Waals surface area contributed by atoms with E-state index in [0.29, 0.717) is 0 Å². The molecule has 5 amide bonds. The maximum absolute atomic E-state index is 13.5. The molecule has 0 spiro atoms. The Morgan fingerprint density at radius 2 is 0.784 bits per heavy atom. The predicted molar refractivity (Wildman–Crippen MR) is 330 cm³/mol. The third kappa shape index (κ3) is 33.0. The van der Waals surface area contributed by atoms with Crippen molar-refractivity contribution in [2.24, 2.45) is 0 Å². The number of rotatable bonds is 44. The number of hydrogen-bond acceptors (Lipinski definition) is 29. The minimum absolute atomic E-state index is 0.0234. The number of ether oxygens (including phenoxy) is 17. The van der Waals surface area contributed by atoms with Gasteiger partial charge in [0.15, 0.2) is 37.0 Å². The fourth-order valence-corrected chi connectivity index (χ4v) is 9.29. The molecule has 2 aliphatic heterocycles. The molecule has 2 unspecified atom stereocenters. The Bertz CT molecular complexity index is 2720. The molecular weight excluding hydrogens is 1290 g/mol. The Hall–Kier alpha value is -8.32. The first-order valence-electron chi connectivity index (χ1n) is 31.1. The number of amides is 5. The van der Waals surface area contributed by atoms with Crippen molar-refractivity contribution in [3.63, 3.8) is 0 Å². The number of hydrogen-bond donors (Lipinski definition) is 5. The number of benzene rings is 2. The van der Waals surface area contributed by atoms with E-state index in [4.69, 9.17) is 80.5 Å². The summed E-state index contributed by atoms with van der Waals surface area (Å²) in [5.41, 5.74) is 0.921. The van der Waals surface area contributed by atoms with Crippen LogP contribution in [0.15, 0.2) is 48.5 Å². The molecule has 540 valence electrons. The lowest BCUT2D eigenvalue weighted by Gasteiger charge is -2.44. The first-order valence-corrected chi connectivity index (χ1v) is 31.1. The van der Waals surface area contributed by atoms with Gasteiger partial charge in [-0.05, 0) is 23.8 Å². The highest BCUT2D eigenvalue weighted by atomic mass is 16.7. The summed E-state index contributed by atoms with van der Waals surface area (Å²) >= 11 is 0. The molecule has 2 fully saturated rings. The van der Waals surface area contributed by atoms with Crippen molar-refractivity contribution in [3.05, 3.63) is 65.2 Å². The normalized spacial score (nSPS) is 20.3. The van der Waals surface area contributed by atoms with Gasteiger partial charge in [-0.1, -0.05) is 30.3 Å². The highest BCUT2D eigenvalue weighted by Crippen LogP contribution is 2.30. The fourth-order valence-electron chi connectivity index (χ4n) is 9.29. The lowest BCUT2D eigenvalue weighted by atomic mass is 9.96. The van der Waals surface area contributed by atoms with E-state index in [9.17, 15) is 57.5 Å². The summed E-state index contributed by atoms with van der Waals surface area (Å²) in [4.78, 5) is 148. The average molecular weight is 1380 g/mol. The Morgan fingerprint density at radius 1 is 0.412 bits per heavy atom. The van der Waals surface area contributed by atoms with E-state index in [0.717, 1.165) is 33.3 Å². The maximum atomic E-state index is 13.5. The summed E-state index contributed by atoms with van der Waals surface area (Å²) in [6.45, 7) is 9.86. The molecule has 2 heterocycles. The van der Waals surface area contributed by atoms with Crippen molar-refractivity contribution in [2.45, 2.75) is 136 Å². The number of esters is 7. The molecule has 0 saturated carbocycles. The molecule has 34 nitrogen and oxygen atoms in total. The molecule has 0 bridgehead atoms. The molecule has 0 radical (unpaired) electrons. The van der Waals surface area contributed by atoms with Gasteiger partial charge in [-0.2, -0.15) is 0 Å². The van der Waals surface area contributed by atoms with E-state index in [1.165, 1.54) is 45.9 Å². The van der Waals surface area contributed by atoms with Crippen LogP contribution in [0.5, 0.6) is 0 Å². The number of nitrogens with one attached hydrogen (secondary N) is 5. The molecule has 5 N–H and O–H groups in total. The summed E-state index contributed by atoms with van der Waals surface area (Å²) in [6, 6.07) is 10.8. The molecule has 97 heavy (non-hydrogen) atoms. The topological polar surface area (TPSA) is 422 Å². The van der Waals surface area contributed by atoms with Crippen LogP contribution < -0.4 is 26.6 Å². The van der Waals surface area contributed by atoms with E-state index in [1.807, 2.05) is 6.07 Å². The van der Waals surface area contributed by atoms with Crippen LogP contribution in [0.25, 0.3) is 0 Å². The highest BCUT2D eigenvalue weighted by molar-refractivity contribution is 6.03. The van der Waals surface area contributed by atoms with Gasteiger partial charge in [0.2, 0.25) is 17.7 Å². The molecule has 0 aromatic heterocycles. The molecule has 2 saturated heterocycles. The number of carbonyl (C=O) groups is 12. The monoisotopic (exact) mass is 1380 g/mol. The van der Waals surface area contributed by atoms with Crippen LogP contribution >= 0.6 is 0 Å². The highest BCUT2D eigenvalue weighted by Gasteiger charge is 2.53.